The minimum Gasteiger partial charge on any atom is -0.381 e. The molecule has 40 heavy (non-hydrogen) atoms. The quantitative estimate of drug-likeness (QED) is 0.328. The summed E-state index contributed by atoms with van der Waals surface area (Å²) in [5.74, 6) is 1.77. The molecule has 7 nitrogen and oxygen atoms in total. The monoisotopic (exact) mass is 574 g/mol. The standard InChI is InChI=1S/C22H29ClN4O2.C7H14O.C3H8/c23-18-15-24-21(27-10-3-1-2-4-11-27)14-17(18)19-6-5-7-20(25-19)26-22(28)16-8-12-29-13-9-16;1-2-4-7-5-3-6-8-7;1-3-2/h5-7,14-16,22,28H,1-4,8-13H2,(H,25,26);7H,2-6H2,1H3;3H2,1-2H3. The first-order valence-electron chi connectivity index (χ1n) is 15.6. The highest BCUT2D eigenvalue weighted by Gasteiger charge is 2.22. The Labute approximate surface area is 247 Å². The maximum atomic E-state index is 10.5. The van der Waals surface area contributed by atoms with Gasteiger partial charge in [-0.3, -0.25) is 0 Å². The number of hydrogen-bond donors (Lipinski definition) is 2. The number of nitrogens with one attached hydrogen (secondary N) is 1. The number of aliphatic hydroxyl groups is 1. The summed E-state index contributed by atoms with van der Waals surface area (Å²) in [5.41, 5.74) is 1.64. The second-order valence-corrected chi connectivity index (χ2v) is 11.4. The van der Waals surface area contributed by atoms with E-state index < -0.39 is 6.23 Å². The summed E-state index contributed by atoms with van der Waals surface area (Å²) in [4.78, 5) is 11.6. The van der Waals surface area contributed by atoms with Gasteiger partial charge in [0.25, 0.3) is 0 Å². The molecule has 0 saturated carbocycles. The van der Waals surface area contributed by atoms with E-state index in [9.17, 15) is 5.11 Å². The topological polar surface area (TPSA) is 79.7 Å². The number of nitrogens with zero attached hydrogens (tertiary/aromatic N) is 3. The number of halogens is 1. The van der Waals surface area contributed by atoms with Crippen LogP contribution in [0.1, 0.15) is 91.4 Å². The average molecular weight is 575 g/mol. The van der Waals surface area contributed by atoms with E-state index >= 15 is 0 Å². The molecule has 0 spiro atoms. The first kappa shape index (κ1) is 32.6. The van der Waals surface area contributed by atoms with Crippen LogP contribution >= 0.6 is 11.6 Å². The predicted molar refractivity (Wildman–Crippen MR) is 166 cm³/mol. The van der Waals surface area contributed by atoms with Crippen LogP contribution in [-0.4, -0.2) is 60.3 Å². The molecule has 2 unspecified atom stereocenters. The van der Waals surface area contributed by atoms with Crippen LogP contribution in [0.15, 0.2) is 30.5 Å². The Morgan fingerprint density at radius 3 is 2.40 bits per heavy atom. The van der Waals surface area contributed by atoms with Crippen molar-refractivity contribution in [3.05, 3.63) is 35.5 Å². The van der Waals surface area contributed by atoms with Gasteiger partial charge < -0.3 is 24.8 Å². The van der Waals surface area contributed by atoms with E-state index in [4.69, 9.17) is 26.1 Å². The zero-order valence-corrected chi connectivity index (χ0v) is 25.7. The van der Waals surface area contributed by atoms with Gasteiger partial charge in [0.05, 0.1) is 16.8 Å². The predicted octanol–water partition coefficient (Wildman–Crippen LogP) is 7.72. The van der Waals surface area contributed by atoms with Gasteiger partial charge in [-0.25, -0.2) is 9.97 Å². The number of aromatic nitrogens is 2. The third kappa shape index (κ3) is 10.8. The first-order valence-corrected chi connectivity index (χ1v) is 15.9. The van der Waals surface area contributed by atoms with Crippen molar-refractivity contribution in [2.45, 2.75) is 104 Å². The lowest BCUT2D eigenvalue weighted by atomic mass is 9.98. The number of hydrogen-bond acceptors (Lipinski definition) is 7. The molecule has 2 aromatic rings. The number of rotatable bonds is 7. The summed E-state index contributed by atoms with van der Waals surface area (Å²) in [5, 5.41) is 14.3. The summed E-state index contributed by atoms with van der Waals surface area (Å²) < 4.78 is 10.8. The van der Waals surface area contributed by atoms with E-state index in [0.717, 1.165) is 49.6 Å². The van der Waals surface area contributed by atoms with Crippen molar-refractivity contribution in [2.24, 2.45) is 5.92 Å². The molecule has 0 radical (unpaired) electrons. The highest BCUT2D eigenvalue weighted by molar-refractivity contribution is 6.33. The van der Waals surface area contributed by atoms with Crippen LogP contribution in [0.3, 0.4) is 0 Å². The highest BCUT2D eigenvalue weighted by Crippen LogP contribution is 2.31. The number of anilines is 2. The van der Waals surface area contributed by atoms with Crippen molar-refractivity contribution in [2.75, 3.05) is 43.1 Å². The van der Waals surface area contributed by atoms with Crippen molar-refractivity contribution in [1.82, 2.24) is 9.97 Å². The molecule has 3 saturated heterocycles. The minimum absolute atomic E-state index is 0.174. The van der Waals surface area contributed by atoms with Crippen LogP contribution in [0.25, 0.3) is 11.3 Å². The van der Waals surface area contributed by atoms with Crippen LogP contribution < -0.4 is 10.2 Å². The van der Waals surface area contributed by atoms with Gasteiger partial charge in [0, 0.05) is 50.6 Å². The zero-order valence-electron chi connectivity index (χ0n) is 24.9. The number of aliphatic hydroxyl groups excluding tert-OH is 1. The SMILES string of the molecule is CCC.CCCC1CCCO1.OC(Nc1cccc(-c2cc(N3CCCCCC3)ncc2Cl)n1)C1CCOCC1. The largest absolute Gasteiger partial charge is 0.381 e. The normalized spacial score (nSPS) is 20.4. The van der Waals surface area contributed by atoms with Gasteiger partial charge in [-0.05, 0) is 63.1 Å². The summed E-state index contributed by atoms with van der Waals surface area (Å²) in [6, 6.07) is 7.79. The average Bonchev–Trinajstić information content (AvgIpc) is 3.34. The van der Waals surface area contributed by atoms with Gasteiger partial charge in [0.15, 0.2) is 0 Å². The van der Waals surface area contributed by atoms with Crippen molar-refractivity contribution in [1.29, 1.82) is 0 Å². The molecule has 3 aliphatic rings. The lowest BCUT2D eigenvalue weighted by molar-refractivity contribution is 0.0183. The summed E-state index contributed by atoms with van der Waals surface area (Å²) in [7, 11) is 0. The molecule has 0 amide bonds. The molecule has 3 fully saturated rings. The van der Waals surface area contributed by atoms with E-state index in [0.29, 0.717) is 30.2 Å². The molecule has 2 aromatic heterocycles. The molecular formula is C32H51ClN4O3. The molecule has 0 aromatic carbocycles. The maximum Gasteiger partial charge on any atom is 0.129 e. The molecule has 0 bridgehead atoms. The third-order valence-electron chi connectivity index (χ3n) is 7.44. The summed E-state index contributed by atoms with van der Waals surface area (Å²) in [6.07, 6.45) is 14.7. The Morgan fingerprint density at radius 1 is 1.02 bits per heavy atom. The molecule has 8 heteroatoms. The van der Waals surface area contributed by atoms with Gasteiger partial charge in [0.1, 0.15) is 17.9 Å². The Bertz CT molecular complexity index is 959. The lowest BCUT2D eigenvalue weighted by Gasteiger charge is -2.27. The van der Waals surface area contributed by atoms with Gasteiger partial charge in [-0.1, -0.05) is 64.1 Å². The minimum atomic E-state index is -0.637. The fraction of sp³-hybridized carbons (Fsp3) is 0.688. The smallest absolute Gasteiger partial charge is 0.129 e. The molecular weight excluding hydrogens is 524 g/mol. The van der Waals surface area contributed by atoms with E-state index in [1.54, 1.807) is 6.20 Å². The Kier molecular flexibility index (Phi) is 15.1. The Balaban J connectivity index is 0.000000337. The van der Waals surface area contributed by atoms with E-state index in [2.05, 4.69) is 36.0 Å². The van der Waals surface area contributed by atoms with Crippen LogP contribution in [-0.2, 0) is 9.47 Å². The maximum absolute atomic E-state index is 10.5. The molecule has 5 rings (SSSR count). The number of ether oxygens (including phenoxy) is 2. The van der Waals surface area contributed by atoms with Crippen LogP contribution in [0, 0.1) is 5.92 Å². The van der Waals surface area contributed by atoms with Crippen LogP contribution in [0.2, 0.25) is 5.02 Å². The highest BCUT2D eigenvalue weighted by atomic mass is 35.5. The molecule has 3 aliphatic heterocycles. The second-order valence-electron chi connectivity index (χ2n) is 11.0. The van der Waals surface area contributed by atoms with Gasteiger partial charge >= 0.3 is 0 Å². The van der Waals surface area contributed by atoms with E-state index in [1.807, 2.05) is 24.3 Å². The van der Waals surface area contributed by atoms with Crippen molar-refractivity contribution in [3.8, 4) is 11.3 Å². The Hall–Kier alpha value is -1.93. The fourth-order valence-corrected chi connectivity index (χ4v) is 5.46. The van der Waals surface area contributed by atoms with Gasteiger partial charge in [-0.2, -0.15) is 0 Å². The Morgan fingerprint density at radius 2 is 1.75 bits per heavy atom. The van der Waals surface area contributed by atoms with Crippen LogP contribution in [0.4, 0.5) is 11.6 Å². The molecule has 2 N–H and O–H groups in total. The van der Waals surface area contributed by atoms with E-state index in [1.165, 1.54) is 57.8 Å². The molecule has 0 aliphatic carbocycles. The van der Waals surface area contributed by atoms with Crippen molar-refractivity contribution < 1.29 is 14.6 Å². The first-order chi connectivity index (χ1) is 19.5. The van der Waals surface area contributed by atoms with Crippen molar-refractivity contribution >= 4 is 23.2 Å². The summed E-state index contributed by atoms with van der Waals surface area (Å²) in [6.45, 7) is 10.9. The fourth-order valence-electron chi connectivity index (χ4n) is 5.26. The summed E-state index contributed by atoms with van der Waals surface area (Å²) >= 11 is 6.48. The van der Waals surface area contributed by atoms with E-state index in [-0.39, 0.29) is 5.92 Å². The molecule has 2 atom stereocenters. The lowest BCUT2D eigenvalue weighted by Crippen LogP contribution is -2.33. The second kappa shape index (κ2) is 18.5. The van der Waals surface area contributed by atoms with Gasteiger partial charge in [0.2, 0.25) is 0 Å². The van der Waals surface area contributed by atoms with Gasteiger partial charge in [-0.15, -0.1) is 0 Å². The zero-order chi connectivity index (χ0) is 28.6. The van der Waals surface area contributed by atoms with Crippen molar-refractivity contribution in [3.63, 3.8) is 0 Å². The molecule has 5 heterocycles. The number of pyridine rings is 2. The third-order valence-corrected chi connectivity index (χ3v) is 7.74. The molecule has 224 valence electrons. The van der Waals surface area contributed by atoms with Crippen LogP contribution in [0.5, 0.6) is 0 Å².